The average molecular weight is 344 g/mol. The van der Waals surface area contributed by atoms with Gasteiger partial charge in [-0.2, -0.15) is 0 Å². The molecular formula is C17H14BrNO2. The molecule has 1 aliphatic heterocycles. The van der Waals surface area contributed by atoms with E-state index < -0.39 is 0 Å². The van der Waals surface area contributed by atoms with Crippen LogP contribution in [0.2, 0.25) is 0 Å². The van der Waals surface area contributed by atoms with Gasteiger partial charge in [0.05, 0.1) is 0 Å². The first kappa shape index (κ1) is 14.0. The fourth-order valence-electron chi connectivity index (χ4n) is 2.49. The van der Waals surface area contributed by atoms with Crippen molar-refractivity contribution in [3.63, 3.8) is 0 Å². The number of hydrogen-bond acceptors (Lipinski definition) is 2. The fraction of sp³-hybridized carbons (Fsp3) is 0.176. The Morgan fingerprint density at radius 1 is 1.14 bits per heavy atom. The Morgan fingerprint density at radius 3 is 2.81 bits per heavy atom. The predicted octanol–water partition coefficient (Wildman–Crippen LogP) is 3.76. The summed E-state index contributed by atoms with van der Waals surface area (Å²) in [5, 5.41) is 2.83. The molecule has 1 amide bonds. The van der Waals surface area contributed by atoms with Crippen molar-refractivity contribution in [1.82, 2.24) is 0 Å². The number of halogens is 1. The number of carbonyl (C=O) groups excluding carboxylic acids is 2. The van der Waals surface area contributed by atoms with E-state index >= 15 is 0 Å². The summed E-state index contributed by atoms with van der Waals surface area (Å²) in [6.45, 7) is 0. The monoisotopic (exact) mass is 343 g/mol. The number of amides is 1. The topological polar surface area (TPSA) is 46.2 Å². The fourth-order valence-corrected chi connectivity index (χ4v) is 2.94. The summed E-state index contributed by atoms with van der Waals surface area (Å²) in [6, 6.07) is 13.3. The summed E-state index contributed by atoms with van der Waals surface area (Å²) in [6.07, 6.45) is 1.56. The molecule has 0 atom stereocenters. The van der Waals surface area contributed by atoms with Crippen molar-refractivity contribution in [3.8, 4) is 0 Å². The van der Waals surface area contributed by atoms with Crippen molar-refractivity contribution in [2.24, 2.45) is 0 Å². The second-order valence-electron chi connectivity index (χ2n) is 5.15. The molecule has 0 bridgehead atoms. The van der Waals surface area contributed by atoms with Crippen molar-refractivity contribution < 1.29 is 9.59 Å². The summed E-state index contributed by atoms with van der Waals surface area (Å²) in [5.74, 6) is 0.128. The lowest BCUT2D eigenvalue weighted by Gasteiger charge is -2.17. The van der Waals surface area contributed by atoms with Crippen LogP contribution in [0, 0.1) is 0 Å². The van der Waals surface area contributed by atoms with Gasteiger partial charge < -0.3 is 5.32 Å². The lowest BCUT2D eigenvalue weighted by atomic mass is 9.96. The summed E-state index contributed by atoms with van der Waals surface area (Å²) in [5.41, 5.74) is 3.55. The summed E-state index contributed by atoms with van der Waals surface area (Å²) < 4.78 is 0.973. The maximum atomic E-state index is 12.4. The zero-order valence-electron chi connectivity index (χ0n) is 11.4. The van der Waals surface area contributed by atoms with Crippen LogP contribution in [0.3, 0.4) is 0 Å². The Labute approximate surface area is 131 Å². The highest BCUT2D eigenvalue weighted by atomic mass is 79.9. The van der Waals surface area contributed by atoms with Crippen LogP contribution in [0.1, 0.15) is 27.9 Å². The van der Waals surface area contributed by atoms with E-state index in [4.69, 9.17) is 0 Å². The largest absolute Gasteiger partial charge is 0.326 e. The number of hydrogen-bond donors (Lipinski definition) is 1. The van der Waals surface area contributed by atoms with Gasteiger partial charge in [-0.05, 0) is 47.9 Å². The van der Waals surface area contributed by atoms with Gasteiger partial charge in [-0.25, -0.2) is 0 Å². The van der Waals surface area contributed by atoms with Crippen molar-refractivity contribution in [3.05, 3.63) is 63.6 Å². The Hall–Kier alpha value is -1.94. The van der Waals surface area contributed by atoms with Crippen molar-refractivity contribution in [2.45, 2.75) is 19.3 Å². The van der Waals surface area contributed by atoms with Gasteiger partial charge in [0.1, 0.15) is 0 Å². The van der Waals surface area contributed by atoms with Crippen molar-refractivity contribution in [2.75, 3.05) is 5.32 Å². The van der Waals surface area contributed by atoms with Crippen molar-refractivity contribution in [1.29, 1.82) is 0 Å². The number of ketones is 1. The van der Waals surface area contributed by atoms with Crippen LogP contribution in [0.25, 0.3) is 0 Å². The Balaban J connectivity index is 1.81. The standard InChI is InChI=1S/C17H14BrNO2/c18-14-3-1-2-11(8-14)9-16(20)13-4-6-15-12(10-13)5-7-17(21)19-15/h1-4,6,8,10H,5,7,9H2,(H,19,21). The van der Waals surface area contributed by atoms with Gasteiger partial charge in [0.25, 0.3) is 0 Å². The van der Waals surface area contributed by atoms with Gasteiger partial charge in [-0.1, -0.05) is 28.1 Å². The quantitative estimate of drug-likeness (QED) is 0.862. The number of carbonyl (C=O) groups is 2. The number of benzene rings is 2. The number of anilines is 1. The van der Waals surface area contributed by atoms with E-state index in [1.807, 2.05) is 36.4 Å². The maximum Gasteiger partial charge on any atom is 0.224 e. The normalized spacial score (nSPS) is 13.5. The van der Waals surface area contributed by atoms with E-state index in [1.54, 1.807) is 6.07 Å². The zero-order valence-corrected chi connectivity index (χ0v) is 12.9. The van der Waals surface area contributed by atoms with Gasteiger partial charge in [0, 0.05) is 28.6 Å². The molecule has 0 aliphatic carbocycles. The molecule has 4 heteroatoms. The number of Topliss-reactive ketones (excluding diaryl/α,β-unsaturated/α-hetero) is 1. The smallest absolute Gasteiger partial charge is 0.224 e. The van der Waals surface area contributed by atoms with Crippen LogP contribution >= 0.6 is 15.9 Å². The first-order valence-corrected chi connectivity index (χ1v) is 7.61. The van der Waals surface area contributed by atoms with E-state index in [9.17, 15) is 9.59 Å². The molecule has 106 valence electrons. The van der Waals surface area contributed by atoms with Gasteiger partial charge in [0.15, 0.2) is 5.78 Å². The first-order valence-electron chi connectivity index (χ1n) is 6.82. The molecule has 0 unspecified atom stereocenters. The van der Waals surface area contributed by atoms with Crippen LogP contribution < -0.4 is 5.32 Å². The third-order valence-electron chi connectivity index (χ3n) is 3.58. The molecule has 3 rings (SSSR count). The van der Waals surface area contributed by atoms with Gasteiger partial charge in [-0.15, -0.1) is 0 Å². The molecule has 0 fully saturated rings. The third-order valence-corrected chi connectivity index (χ3v) is 4.07. The number of nitrogens with one attached hydrogen (secondary N) is 1. The van der Waals surface area contributed by atoms with Gasteiger partial charge >= 0.3 is 0 Å². The Kier molecular flexibility index (Phi) is 3.88. The maximum absolute atomic E-state index is 12.4. The lowest BCUT2D eigenvalue weighted by molar-refractivity contribution is -0.116. The molecule has 3 nitrogen and oxygen atoms in total. The lowest BCUT2D eigenvalue weighted by Crippen LogP contribution is -2.19. The van der Waals surface area contributed by atoms with Crippen molar-refractivity contribution >= 4 is 33.3 Å². The SMILES string of the molecule is O=C1CCc2cc(C(=O)Cc3cccc(Br)c3)ccc2N1. The van der Waals surface area contributed by atoms with Crippen LogP contribution in [0.4, 0.5) is 5.69 Å². The minimum Gasteiger partial charge on any atom is -0.326 e. The van der Waals surface area contributed by atoms with E-state index in [0.717, 1.165) is 21.3 Å². The molecule has 21 heavy (non-hydrogen) atoms. The minimum absolute atomic E-state index is 0.0377. The van der Waals surface area contributed by atoms with E-state index in [2.05, 4.69) is 21.2 Å². The van der Waals surface area contributed by atoms with Crippen LogP contribution in [-0.2, 0) is 17.6 Å². The van der Waals surface area contributed by atoms with Crippen LogP contribution in [0.15, 0.2) is 46.9 Å². The summed E-state index contributed by atoms with van der Waals surface area (Å²) >= 11 is 3.41. The molecule has 1 heterocycles. The number of rotatable bonds is 3. The van der Waals surface area contributed by atoms with Crippen LogP contribution in [-0.4, -0.2) is 11.7 Å². The second-order valence-corrected chi connectivity index (χ2v) is 6.07. The molecule has 0 spiro atoms. The molecular weight excluding hydrogens is 330 g/mol. The number of aryl methyl sites for hydroxylation is 1. The second kappa shape index (κ2) is 5.82. The predicted molar refractivity (Wildman–Crippen MR) is 85.6 cm³/mol. The van der Waals surface area contributed by atoms with Gasteiger partial charge in [-0.3, -0.25) is 9.59 Å². The highest BCUT2D eigenvalue weighted by Crippen LogP contribution is 2.24. The highest BCUT2D eigenvalue weighted by Gasteiger charge is 2.16. The van der Waals surface area contributed by atoms with E-state index in [-0.39, 0.29) is 11.7 Å². The zero-order chi connectivity index (χ0) is 14.8. The molecule has 0 aromatic heterocycles. The molecule has 0 saturated carbocycles. The summed E-state index contributed by atoms with van der Waals surface area (Å²) in [7, 11) is 0. The summed E-state index contributed by atoms with van der Waals surface area (Å²) in [4.78, 5) is 23.7. The van der Waals surface area contributed by atoms with Crippen LogP contribution in [0.5, 0.6) is 0 Å². The highest BCUT2D eigenvalue weighted by molar-refractivity contribution is 9.10. The molecule has 1 aliphatic rings. The van der Waals surface area contributed by atoms with E-state index in [1.165, 1.54) is 0 Å². The molecule has 2 aromatic rings. The third kappa shape index (κ3) is 3.22. The molecule has 1 N–H and O–H groups in total. The van der Waals surface area contributed by atoms with E-state index in [0.29, 0.717) is 24.8 Å². The first-order chi connectivity index (χ1) is 10.1. The van der Waals surface area contributed by atoms with Gasteiger partial charge in [0.2, 0.25) is 5.91 Å². The minimum atomic E-state index is 0.0377. The Morgan fingerprint density at radius 2 is 2.00 bits per heavy atom. The molecule has 0 radical (unpaired) electrons. The average Bonchev–Trinajstić information content (AvgIpc) is 2.46. The Bertz CT molecular complexity index is 724. The number of fused-ring (bicyclic) bond motifs is 1. The molecule has 0 saturated heterocycles. The molecule has 2 aromatic carbocycles.